The van der Waals surface area contributed by atoms with E-state index < -0.39 is 0 Å². The van der Waals surface area contributed by atoms with Gasteiger partial charge in [-0.1, -0.05) is 6.07 Å². The van der Waals surface area contributed by atoms with E-state index in [1.807, 2.05) is 31.2 Å². The topological polar surface area (TPSA) is 58.1 Å². The summed E-state index contributed by atoms with van der Waals surface area (Å²) < 4.78 is 0. The number of hydrogen-bond donors (Lipinski definition) is 1. The molecule has 5 nitrogen and oxygen atoms in total. The van der Waals surface area contributed by atoms with Crippen LogP contribution >= 0.6 is 0 Å². The molecule has 1 N–H and O–H groups in total. The van der Waals surface area contributed by atoms with E-state index in [0.717, 1.165) is 17.9 Å². The number of hydrogen-bond acceptors (Lipinski definition) is 4. The van der Waals surface area contributed by atoms with Gasteiger partial charge in [-0.25, -0.2) is 0 Å². The molecule has 0 aliphatic carbocycles. The minimum Gasteiger partial charge on any atom is -0.385 e. The molecule has 5 heteroatoms. The van der Waals surface area contributed by atoms with Crippen molar-refractivity contribution >= 4 is 11.6 Å². The van der Waals surface area contributed by atoms with Crippen LogP contribution in [-0.2, 0) is 6.54 Å². The summed E-state index contributed by atoms with van der Waals surface area (Å²) in [6, 6.07) is 9.27. The van der Waals surface area contributed by atoms with Crippen LogP contribution in [-0.4, -0.2) is 34.4 Å². The zero-order valence-electron chi connectivity index (χ0n) is 11.7. The molecular formula is C15H18N4O. The third-order valence-corrected chi connectivity index (χ3v) is 2.83. The lowest BCUT2D eigenvalue weighted by atomic mass is 10.2. The maximum atomic E-state index is 12.3. The highest BCUT2D eigenvalue weighted by molar-refractivity contribution is 5.92. The largest absolute Gasteiger partial charge is 0.385 e. The Morgan fingerprint density at radius 1 is 1.25 bits per heavy atom. The number of nitrogens with one attached hydrogen (secondary N) is 1. The first-order chi connectivity index (χ1) is 9.70. The molecular weight excluding hydrogens is 252 g/mol. The van der Waals surface area contributed by atoms with E-state index in [-0.39, 0.29) is 5.91 Å². The molecule has 0 unspecified atom stereocenters. The number of carbonyl (C=O) groups is 1. The van der Waals surface area contributed by atoms with Crippen molar-refractivity contribution in [2.45, 2.75) is 13.5 Å². The summed E-state index contributed by atoms with van der Waals surface area (Å²) in [6.07, 6.45) is 3.36. The van der Waals surface area contributed by atoms with Crippen molar-refractivity contribution in [3.8, 4) is 0 Å². The quantitative estimate of drug-likeness (QED) is 0.904. The van der Waals surface area contributed by atoms with Crippen LogP contribution in [0.2, 0.25) is 0 Å². The maximum absolute atomic E-state index is 12.3. The summed E-state index contributed by atoms with van der Waals surface area (Å²) in [5, 5.41) is 3.17. The van der Waals surface area contributed by atoms with E-state index in [1.165, 1.54) is 0 Å². The van der Waals surface area contributed by atoms with Crippen molar-refractivity contribution in [1.29, 1.82) is 0 Å². The molecule has 0 saturated carbocycles. The lowest BCUT2D eigenvalue weighted by Crippen LogP contribution is -2.27. The van der Waals surface area contributed by atoms with Crippen LogP contribution in [0.3, 0.4) is 0 Å². The Morgan fingerprint density at radius 3 is 2.80 bits per heavy atom. The highest BCUT2D eigenvalue weighted by Crippen LogP contribution is 2.10. The first-order valence-electron chi connectivity index (χ1n) is 6.56. The molecule has 2 aromatic heterocycles. The molecule has 0 bridgehead atoms. The Morgan fingerprint density at radius 2 is 2.10 bits per heavy atom. The molecule has 0 spiro atoms. The van der Waals surface area contributed by atoms with Gasteiger partial charge in [0, 0.05) is 31.7 Å². The van der Waals surface area contributed by atoms with Crippen LogP contribution in [0.4, 0.5) is 5.69 Å². The Bertz CT molecular complexity index is 571. The first-order valence-corrected chi connectivity index (χ1v) is 6.56. The van der Waals surface area contributed by atoms with Crippen LogP contribution in [0.5, 0.6) is 0 Å². The van der Waals surface area contributed by atoms with Gasteiger partial charge in [0.2, 0.25) is 0 Å². The molecule has 0 radical (unpaired) electrons. The van der Waals surface area contributed by atoms with Gasteiger partial charge in [0.1, 0.15) is 5.69 Å². The minimum atomic E-state index is -0.115. The average Bonchev–Trinajstić information content (AvgIpc) is 2.48. The summed E-state index contributed by atoms with van der Waals surface area (Å²) >= 11 is 0. The van der Waals surface area contributed by atoms with Gasteiger partial charge in [-0.15, -0.1) is 0 Å². The van der Waals surface area contributed by atoms with E-state index in [2.05, 4.69) is 15.3 Å². The van der Waals surface area contributed by atoms with Crippen LogP contribution in [0, 0.1) is 0 Å². The molecule has 2 aromatic rings. The van der Waals surface area contributed by atoms with Crippen LogP contribution in [0.1, 0.15) is 23.1 Å². The summed E-state index contributed by atoms with van der Waals surface area (Å²) in [5.74, 6) is -0.115. The number of aromatic nitrogens is 2. The second-order valence-corrected chi connectivity index (χ2v) is 4.44. The number of nitrogens with zero attached hydrogens (tertiary/aromatic N) is 3. The van der Waals surface area contributed by atoms with Gasteiger partial charge >= 0.3 is 0 Å². The standard InChI is InChI=1S/C15H18N4O/c1-3-16-12-7-9-18-14(10-12)15(20)19(2)11-13-6-4-5-8-17-13/h4-10H,3,11H2,1-2H3,(H,16,18). The zero-order valence-corrected chi connectivity index (χ0v) is 11.7. The first kappa shape index (κ1) is 14.0. The SMILES string of the molecule is CCNc1ccnc(C(=O)N(C)Cc2ccccn2)c1. The van der Waals surface area contributed by atoms with Crippen molar-refractivity contribution < 1.29 is 4.79 Å². The Balaban J connectivity index is 2.08. The van der Waals surface area contributed by atoms with Crippen molar-refractivity contribution in [2.75, 3.05) is 18.9 Å². The van der Waals surface area contributed by atoms with E-state index in [4.69, 9.17) is 0 Å². The zero-order chi connectivity index (χ0) is 14.4. The van der Waals surface area contributed by atoms with Gasteiger partial charge in [0.25, 0.3) is 5.91 Å². The second-order valence-electron chi connectivity index (χ2n) is 4.44. The molecule has 0 atom stereocenters. The van der Waals surface area contributed by atoms with Gasteiger partial charge in [-0.2, -0.15) is 0 Å². The van der Waals surface area contributed by atoms with Crippen molar-refractivity contribution in [2.24, 2.45) is 0 Å². The van der Waals surface area contributed by atoms with Gasteiger partial charge < -0.3 is 10.2 Å². The molecule has 0 saturated heterocycles. The number of pyridine rings is 2. The Hall–Kier alpha value is -2.43. The van der Waals surface area contributed by atoms with Gasteiger partial charge in [0.05, 0.1) is 12.2 Å². The van der Waals surface area contributed by atoms with Gasteiger partial charge in [-0.05, 0) is 31.2 Å². The molecule has 2 heterocycles. The van der Waals surface area contributed by atoms with Crippen LogP contribution in [0.15, 0.2) is 42.7 Å². The van der Waals surface area contributed by atoms with Crippen LogP contribution < -0.4 is 5.32 Å². The smallest absolute Gasteiger partial charge is 0.272 e. The minimum absolute atomic E-state index is 0.115. The predicted molar refractivity (Wildman–Crippen MR) is 78.4 cm³/mol. The fraction of sp³-hybridized carbons (Fsp3) is 0.267. The third kappa shape index (κ3) is 3.54. The molecule has 20 heavy (non-hydrogen) atoms. The fourth-order valence-corrected chi connectivity index (χ4v) is 1.86. The molecule has 0 aromatic carbocycles. The lowest BCUT2D eigenvalue weighted by molar-refractivity contribution is 0.0777. The Kier molecular flexibility index (Phi) is 4.65. The average molecular weight is 270 g/mol. The summed E-state index contributed by atoms with van der Waals surface area (Å²) in [7, 11) is 1.75. The van der Waals surface area contributed by atoms with Crippen LogP contribution in [0.25, 0.3) is 0 Å². The molecule has 0 aliphatic heterocycles. The lowest BCUT2D eigenvalue weighted by Gasteiger charge is -2.16. The summed E-state index contributed by atoms with van der Waals surface area (Å²) in [5.41, 5.74) is 2.19. The second kappa shape index (κ2) is 6.65. The summed E-state index contributed by atoms with van der Waals surface area (Å²) in [6.45, 7) is 3.28. The predicted octanol–water partition coefficient (Wildman–Crippen LogP) is 2.18. The highest BCUT2D eigenvalue weighted by atomic mass is 16.2. The van der Waals surface area contributed by atoms with Crippen molar-refractivity contribution in [1.82, 2.24) is 14.9 Å². The van der Waals surface area contributed by atoms with E-state index in [0.29, 0.717) is 12.2 Å². The van der Waals surface area contributed by atoms with Gasteiger partial charge in [-0.3, -0.25) is 14.8 Å². The molecule has 0 aliphatic rings. The normalized spacial score (nSPS) is 10.1. The van der Waals surface area contributed by atoms with Crippen molar-refractivity contribution in [3.05, 3.63) is 54.1 Å². The van der Waals surface area contributed by atoms with E-state index >= 15 is 0 Å². The van der Waals surface area contributed by atoms with Gasteiger partial charge in [0.15, 0.2) is 0 Å². The Labute approximate surface area is 118 Å². The number of carbonyl (C=O) groups excluding carboxylic acids is 1. The molecule has 104 valence electrons. The van der Waals surface area contributed by atoms with Crippen molar-refractivity contribution in [3.63, 3.8) is 0 Å². The molecule has 2 rings (SSSR count). The maximum Gasteiger partial charge on any atom is 0.272 e. The summed E-state index contributed by atoms with van der Waals surface area (Å²) in [4.78, 5) is 22.3. The molecule has 0 fully saturated rings. The third-order valence-electron chi connectivity index (χ3n) is 2.83. The number of amides is 1. The fourth-order valence-electron chi connectivity index (χ4n) is 1.86. The van der Waals surface area contributed by atoms with E-state index in [1.54, 1.807) is 30.4 Å². The number of anilines is 1. The molecule has 1 amide bonds. The van der Waals surface area contributed by atoms with E-state index in [9.17, 15) is 4.79 Å². The highest BCUT2D eigenvalue weighted by Gasteiger charge is 2.14. The monoisotopic (exact) mass is 270 g/mol. The number of rotatable bonds is 5.